The molecule has 0 spiro atoms. The number of methoxy groups -OCH3 is 1. The minimum atomic E-state index is -1.07. The lowest BCUT2D eigenvalue weighted by molar-refractivity contribution is -0.134. The third-order valence-electron chi connectivity index (χ3n) is 1.79. The Labute approximate surface area is 91.4 Å². The van der Waals surface area contributed by atoms with Crippen LogP contribution in [0, 0.1) is 0 Å². The van der Waals surface area contributed by atoms with Crippen molar-refractivity contribution >= 4 is 23.5 Å². The summed E-state index contributed by atoms with van der Waals surface area (Å²) in [6.07, 6.45) is 0. The van der Waals surface area contributed by atoms with Gasteiger partial charge in [-0.1, -0.05) is 0 Å². The zero-order chi connectivity index (χ0) is 12.1. The molecule has 6 nitrogen and oxygen atoms in total. The van der Waals surface area contributed by atoms with Gasteiger partial charge in [0.25, 0.3) is 0 Å². The largest absolute Gasteiger partial charge is 0.465 e. The van der Waals surface area contributed by atoms with Crippen LogP contribution in [-0.4, -0.2) is 24.9 Å². The van der Waals surface area contributed by atoms with E-state index in [2.05, 4.69) is 10.1 Å². The Morgan fingerprint density at radius 1 is 1.19 bits per heavy atom. The molecule has 6 heteroatoms. The smallest absolute Gasteiger partial charge is 0.337 e. The Morgan fingerprint density at radius 2 is 1.75 bits per heavy atom. The highest BCUT2D eigenvalue weighted by atomic mass is 16.5. The van der Waals surface area contributed by atoms with Gasteiger partial charge in [0.15, 0.2) is 0 Å². The molecule has 1 rings (SSSR count). The van der Waals surface area contributed by atoms with Gasteiger partial charge < -0.3 is 15.8 Å². The number of rotatable bonds is 2. The van der Waals surface area contributed by atoms with E-state index < -0.39 is 17.8 Å². The van der Waals surface area contributed by atoms with Crippen molar-refractivity contribution in [1.82, 2.24) is 0 Å². The summed E-state index contributed by atoms with van der Waals surface area (Å²) < 4.78 is 4.50. The first-order chi connectivity index (χ1) is 7.54. The van der Waals surface area contributed by atoms with Gasteiger partial charge in [0.1, 0.15) is 0 Å². The third-order valence-corrected chi connectivity index (χ3v) is 1.79. The fraction of sp³-hybridized carbons (Fsp3) is 0.100. The zero-order valence-corrected chi connectivity index (χ0v) is 8.52. The number of nitrogens with one attached hydrogen (secondary N) is 1. The Balaban J connectivity index is 2.76. The summed E-state index contributed by atoms with van der Waals surface area (Å²) >= 11 is 0. The molecule has 0 aliphatic rings. The lowest BCUT2D eigenvalue weighted by Crippen LogP contribution is -2.29. The Kier molecular flexibility index (Phi) is 3.60. The van der Waals surface area contributed by atoms with Gasteiger partial charge in [-0.3, -0.25) is 9.59 Å². The first-order valence-corrected chi connectivity index (χ1v) is 4.33. The molecule has 16 heavy (non-hydrogen) atoms. The molecule has 0 aliphatic heterocycles. The summed E-state index contributed by atoms with van der Waals surface area (Å²) in [5.74, 6) is -2.46. The van der Waals surface area contributed by atoms with Gasteiger partial charge in [0, 0.05) is 5.69 Å². The second-order valence-corrected chi connectivity index (χ2v) is 2.89. The summed E-state index contributed by atoms with van der Waals surface area (Å²) in [7, 11) is 1.27. The molecule has 0 saturated carbocycles. The number of amides is 2. The minimum absolute atomic E-state index is 0.347. The van der Waals surface area contributed by atoms with E-state index in [1.165, 1.54) is 31.4 Å². The van der Waals surface area contributed by atoms with Crippen molar-refractivity contribution in [3.8, 4) is 0 Å². The Morgan fingerprint density at radius 3 is 2.19 bits per heavy atom. The fourth-order valence-corrected chi connectivity index (χ4v) is 1.00. The number of benzene rings is 1. The van der Waals surface area contributed by atoms with Crippen molar-refractivity contribution in [2.45, 2.75) is 0 Å². The first-order valence-electron chi connectivity index (χ1n) is 4.33. The van der Waals surface area contributed by atoms with Crippen molar-refractivity contribution in [2.24, 2.45) is 5.73 Å². The molecule has 0 radical (unpaired) electrons. The second kappa shape index (κ2) is 4.92. The number of esters is 1. The molecule has 0 aromatic heterocycles. The van der Waals surface area contributed by atoms with E-state index in [1.807, 2.05) is 0 Å². The van der Waals surface area contributed by atoms with E-state index in [1.54, 1.807) is 0 Å². The minimum Gasteiger partial charge on any atom is -0.465 e. The number of primary amides is 1. The van der Waals surface area contributed by atoms with E-state index in [0.29, 0.717) is 11.3 Å². The van der Waals surface area contributed by atoms with Crippen LogP contribution in [0.15, 0.2) is 24.3 Å². The molecular weight excluding hydrogens is 212 g/mol. The van der Waals surface area contributed by atoms with Gasteiger partial charge >= 0.3 is 17.8 Å². The number of ether oxygens (including phenoxy) is 1. The number of carbonyl (C=O) groups is 3. The molecule has 0 heterocycles. The molecule has 3 N–H and O–H groups in total. The number of hydrogen-bond donors (Lipinski definition) is 2. The van der Waals surface area contributed by atoms with Crippen LogP contribution >= 0.6 is 0 Å². The predicted molar refractivity (Wildman–Crippen MR) is 55.6 cm³/mol. The highest BCUT2D eigenvalue weighted by Gasteiger charge is 2.09. The maximum atomic E-state index is 11.1. The van der Waals surface area contributed by atoms with E-state index in [9.17, 15) is 14.4 Å². The fourth-order valence-electron chi connectivity index (χ4n) is 1.00. The SMILES string of the molecule is COC(=O)c1ccc(NC(=O)C(N)=O)cc1. The molecule has 2 amide bonds. The van der Waals surface area contributed by atoms with Gasteiger partial charge in [-0.15, -0.1) is 0 Å². The monoisotopic (exact) mass is 222 g/mol. The van der Waals surface area contributed by atoms with E-state index in [4.69, 9.17) is 5.73 Å². The van der Waals surface area contributed by atoms with Crippen LogP contribution in [0.2, 0.25) is 0 Å². The molecule has 0 fully saturated rings. The maximum Gasteiger partial charge on any atom is 0.337 e. The summed E-state index contributed by atoms with van der Waals surface area (Å²) in [4.78, 5) is 32.4. The number of hydrogen-bond acceptors (Lipinski definition) is 4. The second-order valence-electron chi connectivity index (χ2n) is 2.89. The van der Waals surface area contributed by atoms with Crippen molar-refractivity contribution < 1.29 is 19.1 Å². The highest BCUT2D eigenvalue weighted by molar-refractivity contribution is 6.39. The first kappa shape index (κ1) is 11.7. The summed E-state index contributed by atoms with van der Waals surface area (Å²) in [5, 5.41) is 2.26. The van der Waals surface area contributed by atoms with E-state index in [-0.39, 0.29) is 0 Å². The molecule has 84 valence electrons. The van der Waals surface area contributed by atoms with Crippen LogP contribution in [0.1, 0.15) is 10.4 Å². The molecule has 0 saturated heterocycles. The van der Waals surface area contributed by atoms with E-state index >= 15 is 0 Å². The normalized spacial score (nSPS) is 9.31. The van der Waals surface area contributed by atoms with Crippen LogP contribution in [0.5, 0.6) is 0 Å². The molecule has 0 atom stereocenters. The average molecular weight is 222 g/mol. The molecule has 1 aromatic rings. The van der Waals surface area contributed by atoms with E-state index in [0.717, 1.165) is 0 Å². The number of anilines is 1. The van der Waals surface area contributed by atoms with Gasteiger partial charge in [-0.2, -0.15) is 0 Å². The maximum absolute atomic E-state index is 11.1. The lowest BCUT2D eigenvalue weighted by Gasteiger charge is -2.03. The topological polar surface area (TPSA) is 98.5 Å². The van der Waals surface area contributed by atoms with Crippen molar-refractivity contribution in [1.29, 1.82) is 0 Å². The molecular formula is C10H10N2O4. The highest BCUT2D eigenvalue weighted by Crippen LogP contribution is 2.10. The summed E-state index contributed by atoms with van der Waals surface area (Å²) in [6, 6.07) is 5.85. The van der Waals surface area contributed by atoms with Crippen LogP contribution in [-0.2, 0) is 14.3 Å². The third kappa shape index (κ3) is 2.81. The Hall–Kier alpha value is -2.37. The standard InChI is InChI=1S/C10H10N2O4/c1-16-10(15)6-2-4-7(5-3-6)12-9(14)8(11)13/h2-5H,1H3,(H2,11,13)(H,12,14). The Bertz CT molecular complexity index is 425. The number of carbonyl (C=O) groups excluding carboxylic acids is 3. The average Bonchev–Trinajstić information content (AvgIpc) is 2.28. The summed E-state index contributed by atoms with van der Waals surface area (Å²) in [6.45, 7) is 0. The van der Waals surface area contributed by atoms with Gasteiger partial charge in [-0.05, 0) is 24.3 Å². The van der Waals surface area contributed by atoms with Gasteiger partial charge in [0.2, 0.25) is 0 Å². The summed E-state index contributed by atoms with van der Waals surface area (Å²) in [5.41, 5.74) is 5.48. The zero-order valence-electron chi connectivity index (χ0n) is 8.52. The molecule has 0 aliphatic carbocycles. The van der Waals surface area contributed by atoms with Gasteiger partial charge in [0.05, 0.1) is 12.7 Å². The quantitative estimate of drug-likeness (QED) is 0.539. The van der Waals surface area contributed by atoms with Crippen molar-refractivity contribution in [3.63, 3.8) is 0 Å². The van der Waals surface area contributed by atoms with Gasteiger partial charge in [-0.25, -0.2) is 4.79 Å². The molecule has 0 bridgehead atoms. The van der Waals surface area contributed by atoms with Crippen LogP contribution in [0.4, 0.5) is 5.69 Å². The van der Waals surface area contributed by atoms with Crippen LogP contribution in [0.25, 0.3) is 0 Å². The number of nitrogens with two attached hydrogens (primary N) is 1. The molecule has 0 unspecified atom stereocenters. The van der Waals surface area contributed by atoms with Crippen LogP contribution in [0.3, 0.4) is 0 Å². The van der Waals surface area contributed by atoms with Crippen molar-refractivity contribution in [3.05, 3.63) is 29.8 Å². The predicted octanol–water partition coefficient (Wildman–Crippen LogP) is -0.103. The lowest BCUT2D eigenvalue weighted by atomic mass is 10.2. The van der Waals surface area contributed by atoms with Crippen molar-refractivity contribution in [2.75, 3.05) is 12.4 Å². The van der Waals surface area contributed by atoms with Crippen LogP contribution < -0.4 is 11.1 Å². The molecule has 1 aromatic carbocycles.